The second kappa shape index (κ2) is 5.46. The fourth-order valence-corrected chi connectivity index (χ4v) is 1.86. The highest BCUT2D eigenvalue weighted by Gasteiger charge is 2.42. The molecule has 7 heteroatoms. The lowest BCUT2D eigenvalue weighted by molar-refractivity contribution is -0.384. The molecule has 3 N–H and O–H groups in total. The number of aliphatic hydroxyl groups excluding tert-OH is 1. The highest BCUT2D eigenvalue weighted by molar-refractivity contribution is 5.90. The zero-order valence-electron chi connectivity index (χ0n) is 11.2. The molecule has 1 aromatic rings. The third-order valence-electron chi connectivity index (χ3n) is 3.60. The topological polar surface area (TPSA) is 105 Å². The van der Waals surface area contributed by atoms with E-state index in [1.54, 1.807) is 13.0 Å². The van der Waals surface area contributed by atoms with Crippen LogP contribution in [-0.2, 0) is 0 Å². The van der Waals surface area contributed by atoms with Crippen LogP contribution in [0.25, 0.3) is 0 Å². The molecular weight excluding hydrogens is 262 g/mol. The molecule has 0 radical (unpaired) electrons. The van der Waals surface area contributed by atoms with Crippen LogP contribution in [0.2, 0.25) is 0 Å². The molecule has 0 saturated heterocycles. The first-order valence-electron chi connectivity index (χ1n) is 6.36. The second-order valence-corrected chi connectivity index (χ2v) is 5.22. The van der Waals surface area contributed by atoms with Crippen LogP contribution in [0.4, 0.5) is 16.2 Å². The first-order valence-corrected chi connectivity index (χ1v) is 6.36. The van der Waals surface area contributed by atoms with Crippen molar-refractivity contribution in [2.24, 2.45) is 5.41 Å². The maximum absolute atomic E-state index is 11.8. The van der Waals surface area contributed by atoms with Crippen molar-refractivity contribution < 1.29 is 14.8 Å². The summed E-state index contributed by atoms with van der Waals surface area (Å²) in [4.78, 5) is 22.0. The van der Waals surface area contributed by atoms with Crippen LogP contribution in [0.5, 0.6) is 0 Å². The third kappa shape index (κ3) is 3.24. The number of nitro benzene ring substituents is 1. The van der Waals surface area contributed by atoms with E-state index in [1.165, 1.54) is 12.1 Å². The zero-order chi connectivity index (χ0) is 14.8. The van der Waals surface area contributed by atoms with Crippen LogP contribution >= 0.6 is 0 Å². The molecule has 1 saturated carbocycles. The molecular formula is C13H17N3O4. The minimum absolute atomic E-state index is 0.0586. The van der Waals surface area contributed by atoms with Crippen molar-refractivity contribution in [3.63, 3.8) is 0 Å². The number of carbonyl (C=O) groups is 1. The highest BCUT2D eigenvalue weighted by atomic mass is 16.6. The van der Waals surface area contributed by atoms with Gasteiger partial charge in [0.15, 0.2) is 0 Å². The summed E-state index contributed by atoms with van der Waals surface area (Å²) in [5.74, 6) is 0. The molecule has 1 aliphatic rings. The SMILES string of the molecule is Cc1ccc([N+](=O)[O-])cc1NC(=O)NCC1(CO)CC1. The fourth-order valence-electron chi connectivity index (χ4n) is 1.86. The summed E-state index contributed by atoms with van der Waals surface area (Å²) in [7, 11) is 0. The van der Waals surface area contributed by atoms with Gasteiger partial charge >= 0.3 is 6.03 Å². The first-order chi connectivity index (χ1) is 9.46. The Morgan fingerprint density at radius 2 is 2.20 bits per heavy atom. The van der Waals surface area contributed by atoms with Crippen molar-refractivity contribution in [3.05, 3.63) is 33.9 Å². The lowest BCUT2D eigenvalue weighted by Crippen LogP contribution is -2.35. The van der Waals surface area contributed by atoms with Crippen LogP contribution in [-0.4, -0.2) is 29.2 Å². The quantitative estimate of drug-likeness (QED) is 0.564. The number of nitrogens with zero attached hydrogens (tertiary/aromatic N) is 1. The van der Waals surface area contributed by atoms with E-state index in [4.69, 9.17) is 5.11 Å². The number of hydrogen-bond acceptors (Lipinski definition) is 4. The van der Waals surface area contributed by atoms with Gasteiger partial charge < -0.3 is 15.7 Å². The molecule has 1 aliphatic carbocycles. The Kier molecular flexibility index (Phi) is 3.89. The van der Waals surface area contributed by atoms with E-state index in [1.807, 2.05) is 0 Å². The number of aryl methyl sites for hydroxylation is 1. The molecule has 0 bridgehead atoms. The second-order valence-electron chi connectivity index (χ2n) is 5.22. The van der Waals surface area contributed by atoms with Gasteiger partial charge in [0, 0.05) is 24.1 Å². The predicted molar refractivity (Wildman–Crippen MR) is 73.6 cm³/mol. The van der Waals surface area contributed by atoms with Crippen LogP contribution in [0, 0.1) is 22.5 Å². The van der Waals surface area contributed by atoms with Gasteiger partial charge in [0.2, 0.25) is 0 Å². The summed E-state index contributed by atoms with van der Waals surface area (Å²) in [6.45, 7) is 2.22. The maximum Gasteiger partial charge on any atom is 0.319 e. The number of hydrogen-bond donors (Lipinski definition) is 3. The van der Waals surface area contributed by atoms with Crippen molar-refractivity contribution >= 4 is 17.4 Å². The van der Waals surface area contributed by atoms with E-state index >= 15 is 0 Å². The minimum atomic E-state index is -0.506. The molecule has 1 aromatic carbocycles. The van der Waals surface area contributed by atoms with Gasteiger partial charge in [-0.05, 0) is 25.3 Å². The Balaban J connectivity index is 1.96. The van der Waals surface area contributed by atoms with Gasteiger partial charge in [-0.2, -0.15) is 0 Å². The number of anilines is 1. The number of rotatable bonds is 5. The van der Waals surface area contributed by atoms with Gasteiger partial charge in [-0.15, -0.1) is 0 Å². The van der Waals surface area contributed by atoms with Crippen molar-refractivity contribution in [3.8, 4) is 0 Å². The van der Waals surface area contributed by atoms with Crippen LogP contribution < -0.4 is 10.6 Å². The van der Waals surface area contributed by atoms with Crippen molar-refractivity contribution in [2.75, 3.05) is 18.5 Å². The normalized spacial score (nSPS) is 15.5. The lowest BCUT2D eigenvalue weighted by atomic mass is 10.1. The highest BCUT2D eigenvalue weighted by Crippen LogP contribution is 2.44. The minimum Gasteiger partial charge on any atom is -0.396 e. The number of non-ortho nitro benzene ring substituents is 1. The summed E-state index contributed by atoms with van der Waals surface area (Å²) in [6, 6.07) is 3.88. The summed E-state index contributed by atoms with van der Waals surface area (Å²) >= 11 is 0. The summed E-state index contributed by atoms with van der Waals surface area (Å²) < 4.78 is 0. The molecule has 0 heterocycles. The monoisotopic (exact) mass is 279 g/mol. The molecule has 0 atom stereocenters. The predicted octanol–water partition coefficient (Wildman–Crippen LogP) is 1.80. The van der Waals surface area contributed by atoms with E-state index < -0.39 is 11.0 Å². The van der Waals surface area contributed by atoms with E-state index in [2.05, 4.69) is 10.6 Å². The number of urea groups is 1. The number of benzene rings is 1. The van der Waals surface area contributed by atoms with Gasteiger partial charge in [-0.1, -0.05) is 6.07 Å². The molecule has 0 aromatic heterocycles. The number of carbonyl (C=O) groups excluding carboxylic acids is 1. The van der Waals surface area contributed by atoms with E-state index in [0.717, 1.165) is 18.4 Å². The molecule has 108 valence electrons. The van der Waals surface area contributed by atoms with Gasteiger partial charge in [0.25, 0.3) is 5.69 Å². The lowest BCUT2D eigenvalue weighted by Gasteiger charge is -2.14. The number of nitrogens with one attached hydrogen (secondary N) is 2. The van der Waals surface area contributed by atoms with Gasteiger partial charge in [-0.3, -0.25) is 10.1 Å². The Morgan fingerprint density at radius 1 is 1.50 bits per heavy atom. The number of aliphatic hydroxyl groups is 1. The smallest absolute Gasteiger partial charge is 0.319 e. The largest absolute Gasteiger partial charge is 0.396 e. The van der Waals surface area contributed by atoms with Gasteiger partial charge in [-0.25, -0.2) is 4.79 Å². The molecule has 2 amide bonds. The zero-order valence-corrected chi connectivity index (χ0v) is 11.2. The van der Waals surface area contributed by atoms with E-state index in [0.29, 0.717) is 12.2 Å². The molecule has 2 rings (SSSR count). The number of amides is 2. The molecule has 0 unspecified atom stereocenters. The van der Waals surface area contributed by atoms with E-state index in [9.17, 15) is 14.9 Å². The molecule has 1 fully saturated rings. The van der Waals surface area contributed by atoms with E-state index in [-0.39, 0.29) is 17.7 Å². The third-order valence-corrected chi connectivity index (χ3v) is 3.60. The van der Waals surface area contributed by atoms with Crippen molar-refractivity contribution in [1.29, 1.82) is 0 Å². The fraction of sp³-hybridized carbons (Fsp3) is 0.462. The standard InChI is InChI=1S/C13H17N3O4/c1-9-2-3-10(16(19)20)6-11(9)15-12(18)14-7-13(8-17)4-5-13/h2-3,6,17H,4-5,7-8H2,1H3,(H2,14,15,18). The maximum atomic E-state index is 11.8. The Bertz CT molecular complexity index is 540. The molecule has 0 aliphatic heterocycles. The number of nitro groups is 1. The summed E-state index contributed by atoms with van der Waals surface area (Å²) in [5, 5.41) is 25.1. The van der Waals surface area contributed by atoms with Crippen LogP contribution in [0.3, 0.4) is 0 Å². The Morgan fingerprint density at radius 3 is 2.75 bits per heavy atom. The van der Waals surface area contributed by atoms with Crippen LogP contribution in [0.15, 0.2) is 18.2 Å². The summed E-state index contributed by atoms with van der Waals surface area (Å²) in [6.07, 6.45) is 1.80. The van der Waals surface area contributed by atoms with Gasteiger partial charge in [0.1, 0.15) is 0 Å². The van der Waals surface area contributed by atoms with Gasteiger partial charge in [0.05, 0.1) is 17.2 Å². The van der Waals surface area contributed by atoms with Crippen molar-refractivity contribution in [1.82, 2.24) is 5.32 Å². The molecule has 7 nitrogen and oxygen atoms in total. The first kappa shape index (κ1) is 14.3. The Labute approximate surface area is 116 Å². The molecule has 20 heavy (non-hydrogen) atoms. The Hall–Kier alpha value is -2.15. The van der Waals surface area contributed by atoms with Crippen molar-refractivity contribution in [2.45, 2.75) is 19.8 Å². The average Bonchev–Trinajstić information content (AvgIpc) is 3.19. The molecule has 0 spiro atoms. The average molecular weight is 279 g/mol. The summed E-state index contributed by atoms with van der Waals surface area (Å²) in [5.41, 5.74) is 0.911. The van der Waals surface area contributed by atoms with Crippen LogP contribution in [0.1, 0.15) is 18.4 Å².